The maximum absolute atomic E-state index is 6.62. The van der Waals surface area contributed by atoms with Gasteiger partial charge in [0.05, 0.1) is 16.7 Å². The molecular weight excluding hydrogens is 689 g/mol. The summed E-state index contributed by atoms with van der Waals surface area (Å²) in [5, 5.41) is 2.98. The molecule has 0 saturated heterocycles. The molecule has 0 spiro atoms. The Balaban J connectivity index is 1.14. The van der Waals surface area contributed by atoms with Crippen molar-refractivity contribution < 1.29 is 4.42 Å². The predicted molar refractivity (Wildman–Crippen MR) is 224 cm³/mol. The van der Waals surface area contributed by atoms with Crippen LogP contribution in [0.3, 0.4) is 0 Å². The van der Waals surface area contributed by atoms with E-state index in [-0.39, 0.29) is 0 Å². The summed E-state index contributed by atoms with van der Waals surface area (Å²) < 4.78 is 8.73. The van der Waals surface area contributed by atoms with Crippen LogP contribution in [0.15, 0.2) is 186 Å². The van der Waals surface area contributed by atoms with Gasteiger partial charge in [-0.15, -0.1) is 0 Å². The molecule has 0 atom stereocenters. The first-order valence-electron chi connectivity index (χ1n) is 18.5. The second-order valence-electron chi connectivity index (χ2n) is 13.7. The van der Waals surface area contributed by atoms with Crippen molar-refractivity contribution in [2.75, 3.05) is 0 Å². The number of hydrogen-bond donors (Lipinski definition) is 0. The summed E-state index contributed by atoms with van der Waals surface area (Å²) in [6.07, 6.45) is 0. The van der Waals surface area contributed by atoms with Crippen LogP contribution in [0.2, 0.25) is 0 Å². The number of fused-ring (bicyclic) bond motifs is 6. The van der Waals surface area contributed by atoms with Crippen LogP contribution in [0.4, 0.5) is 0 Å². The molecule has 0 aliphatic carbocycles. The summed E-state index contributed by atoms with van der Waals surface area (Å²) in [5.41, 5.74) is 11.3. The molecule has 0 bridgehead atoms. The molecule has 0 fully saturated rings. The third-order valence-electron chi connectivity index (χ3n) is 10.3. The van der Waals surface area contributed by atoms with E-state index in [9.17, 15) is 0 Å². The Morgan fingerprint density at radius 3 is 1.50 bits per heavy atom. The highest BCUT2D eigenvalue weighted by atomic mass is 16.3. The molecule has 0 N–H and O–H groups in total. The van der Waals surface area contributed by atoms with Crippen LogP contribution in [0.25, 0.3) is 106 Å². The summed E-state index contributed by atoms with van der Waals surface area (Å²) in [5.74, 6) is 1.70. The van der Waals surface area contributed by atoms with Gasteiger partial charge < -0.3 is 4.42 Å². The number of rotatable bonds is 6. The third kappa shape index (κ3) is 5.33. The Morgan fingerprint density at radius 1 is 0.357 bits per heavy atom. The average molecular weight is 719 g/mol. The van der Waals surface area contributed by atoms with Gasteiger partial charge in [-0.25, -0.2) is 15.0 Å². The minimum absolute atomic E-state index is 0.477. The van der Waals surface area contributed by atoms with Crippen molar-refractivity contribution in [1.82, 2.24) is 29.5 Å². The SMILES string of the molecule is c1ccc(-c2ccc(-c3nc4c(nc3-c3ccccc3)oc3cc5c(cc34)c3ccccc3n5-c3nc(-c4ccccc4)nc(-c4ccccc4)n3)cc2)cc1. The molecule has 7 nitrogen and oxygen atoms in total. The van der Waals surface area contributed by atoms with E-state index in [1.54, 1.807) is 0 Å². The predicted octanol–water partition coefficient (Wildman–Crippen LogP) is 12.0. The average Bonchev–Trinajstić information content (AvgIpc) is 3.80. The van der Waals surface area contributed by atoms with Crippen molar-refractivity contribution >= 4 is 44.0 Å². The molecule has 262 valence electrons. The first-order chi connectivity index (χ1) is 27.7. The van der Waals surface area contributed by atoms with Crippen LogP contribution >= 0.6 is 0 Å². The minimum Gasteiger partial charge on any atom is -0.436 e. The Labute approximate surface area is 321 Å². The second-order valence-corrected chi connectivity index (χ2v) is 13.7. The van der Waals surface area contributed by atoms with Gasteiger partial charge in [0.1, 0.15) is 16.8 Å². The molecule has 11 rings (SSSR count). The second kappa shape index (κ2) is 13.0. The van der Waals surface area contributed by atoms with E-state index in [1.807, 2.05) is 91.0 Å². The highest BCUT2D eigenvalue weighted by Crippen LogP contribution is 2.40. The van der Waals surface area contributed by atoms with Crippen molar-refractivity contribution in [1.29, 1.82) is 0 Å². The third-order valence-corrected chi connectivity index (χ3v) is 10.3. The standard InChI is InChI=1S/C49H30N6O/c1-5-15-31(16-6-1)32-25-27-34(28-26-32)43-44(33-17-7-2-8-18-33)51-48-45(50-43)39-29-38-37-23-13-14-24-40(37)55(41(38)30-42(39)56-48)49-53-46(35-19-9-3-10-20-35)52-47(54-49)36-21-11-4-12-22-36/h1-30H. The van der Waals surface area contributed by atoms with Crippen molar-refractivity contribution in [2.24, 2.45) is 0 Å². The fourth-order valence-corrected chi connectivity index (χ4v) is 7.60. The van der Waals surface area contributed by atoms with E-state index in [1.165, 1.54) is 0 Å². The van der Waals surface area contributed by atoms with Gasteiger partial charge in [0.25, 0.3) is 0 Å². The van der Waals surface area contributed by atoms with Crippen LogP contribution in [-0.2, 0) is 0 Å². The van der Waals surface area contributed by atoms with Gasteiger partial charge in [0, 0.05) is 44.5 Å². The molecule has 0 aliphatic heterocycles. The van der Waals surface area contributed by atoms with Crippen molar-refractivity contribution in [3.63, 3.8) is 0 Å². The maximum Gasteiger partial charge on any atom is 0.246 e. The molecule has 0 radical (unpaired) electrons. The number of para-hydroxylation sites is 1. The largest absolute Gasteiger partial charge is 0.436 e. The number of furan rings is 1. The summed E-state index contributed by atoms with van der Waals surface area (Å²) >= 11 is 0. The first-order valence-corrected chi connectivity index (χ1v) is 18.5. The molecule has 7 heteroatoms. The van der Waals surface area contributed by atoms with Gasteiger partial charge in [-0.05, 0) is 23.3 Å². The van der Waals surface area contributed by atoms with Gasteiger partial charge in [-0.3, -0.25) is 4.57 Å². The quantitative estimate of drug-likeness (QED) is 0.170. The van der Waals surface area contributed by atoms with Gasteiger partial charge in [0.15, 0.2) is 11.6 Å². The summed E-state index contributed by atoms with van der Waals surface area (Å²) in [6.45, 7) is 0. The highest BCUT2D eigenvalue weighted by molar-refractivity contribution is 6.16. The summed E-state index contributed by atoms with van der Waals surface area (Å²) in [6, 6.07) is 61.7. The molecule has 0 aliphatic rings. The van der Waals surface area contributed by atoms with E-state index in [2.05, 4.69) is 95.6 Å². The van der Waals surface area contributed by atoms with Crippen LogP contribution in [0.5, 0.6) is 0 Å². The van der Waals surface area contributed by atoms with Gasteiger partial charge in [-0.1, -0.05) is 164 Å². The lowest BCUT2D eigenvalue weighted by Crippen LogP contribution is -2.06. The zero-order chi connectivity index (χ0) is 37.0. The van der Waals surface area contributed by atoms with E-state index in [0.717, 1.165) is 72.0 Å². The highest BCUT2D eigenvalue weighted by Gasteiger charge is 2.22. The summed E-state index contributed by atoms with van der Waals surface area (Å²) in [4.78, 5) is 25.7. The fraction of sp³-hybridized carbons (Fsp3) is 0. The number of aromatic nitrogens is 6. The molecule has 0 saturated carbocycles. The molecule has 56 heavy (non-hydrogen) atoms. The maximum atomic E-state index is 6.62. The number of hydrogen-bond acceptors (Lipinski definition) is 6. The molecule has 0 unspecified atom stereocenters. The molecule has 4 aromatic heterocycles. The Morgan fingerprint density at radius 2 is 0.857 bits per heavy atom. The zero-order valence-electron chi connectivity index (χ0n) is 29.9. The fourth-order valence-electron chi connectivity index (χ4n) is 7.60. The molecule has 4 heterocycles. The molecule has 11 aromatic rings. The minimum atomic E-state index is 0.477. The zero-order valence-corrected chi connectivity index (χ0v) is 29.9. The topological polar surface area (TPSA) is 82.5 Å². The van der Waals surface area contributed by atoms with Crippen molar-refractivity contribution in [2.45, 2.75) is 0 Å². The number of benzene rings is 7. The number of nitrogens with zero attached hydrogens (tertiary/aromatic N) is 6. The smallest absolute Gasteiger partial charge is 0.246 e. The van der Waals surface area contributed by atoms with Crippen molar-refractivity contribution in [3.05, 3.63) is 182 Å². The van der Waals surface area contributed by atoms with Crippen LogP contribution < -0.4 is 0 Å². The molecular formula is C49H30N6O. The molecule has 7 aromatic carbocycles. The normalized spacial score (nSPS) is 11.6. The van der Waals surface area contributed by atoms with Crippen LogP contribution in [-0.4, -0.2) is 29.5 Å². The van der Waals surface area contributed by atoms with E-state index in [0.29, 0.717) is 34.4 Å². The molecule has 0 amide bonds. The Bertz CT molecular complexity index is 3160. The lowest BCUT2D eigenvalue weighted by molar-refractivity contribution is 0.654. The van der Waals surface area contributed by atoms with Gasteiger partial charge in [-0.2, -0.15) is 9.97 Å². The Hall–Kier alpha value is -7.77. The van der Waals surface area contributed by atoms with Crippen LogP contribution in [0, 0.1) is 0 Å². The lowest BCUT2D eigenvalue weighted by atomic mass is 10.00. The van der Waals surface area contributed by atoms with Crippen molar-refractivity contribution in [3.8, 4) is 62.4 Å². The monoisotopic (exact) mass is 718 g/mol. The van der Waals surface area contributed by atoms with Gasteiger partial charge in [0.2, 0.25) is 11.7 Å². The van der Waals surface area contributed by atoms with Gasteiger partial charge >= 0.3 is 0 Å². The van der Waals surface area contributed by atoms with Crippen LogP contribution in [0.1, 0.15) is 0 Å². The first kappa shape index (κ1) is 31.7. The lowest BCUT2D eigenvalue weighted by Gasteiger charge is -2.10. The van der Waals surface area contributed by atoms with E-state index >= 15 is 0 Å². The summed E-state index contributed by atoms with van der Waals surface area (Å²) in [7, 11) is 0. The van der Waals surface area contributed by atoms with E-state index < -0.39 is 0 Å². The van der Waals surface area contributed by atoms with E-state index in [4.69, 9.17) is 29.3 Å². The Kier molecular flexibility index (Phi) is 7.35.